The van der Waals surface area contributed by atoms with Gasteiger partial charge in [-0.3, -0.25) is 19.2 Å². The minimum atomic E-state index is -0.984. The molecule has 0 heterocycles. The van der Waals surface area contributed by atoms with E-state index in [-0.39, 0.29) is 81.1 Å². The fourth-order valence-electron chi connectivity index (χ4n) is 14.5. The predicted octanol–water partition coefficient (Wildman–Crippen LogP) is 11.4. The summed E-state index contributed by atoms with van der Waals surface area (Å²) in [6.45, 7) is 25.1. The first-order chi connectivity index (χ1) is 29.2. The van der Waals surface area contributed by atoms with Crippen molar-refractivity contribution in [2.45, 2.75) is 223 Å². The van der Waals surface area contributed by atoms with E-state index >= 15 is 0 Å². The molecule has 5 rings (SSSR count). The van der Waals surface area contributed by atoms with Gasteiger partial charge in [-0.25, -0.2) is 4.79 Å². The Hall–Kier alpha value is -2.91. The van der Waals surface area contributed by atoms with Crippen LogP contribution >= 0.6 is 0 Å². The molecule has 0 radical (unpaired) electrons. The number of ether oxygens (including phenoxy) is 1. The van der Waals surface area contributed by atoms with Crippen molar-refractivity contribution < 1.29 is 38.9 Å². The summed E-state index contributed by atoms with van der Waals surface area (Å²) in [5, 5.41) is 24.8. The van der Waals surface area contributed by atoms with Gasteiger partial charge < -0.3 is 25.6 Å². The standard InChI is InChI=1S/C53H88N2O8/c1-35(2)44(45(60)61)55-41(56)20-18-16-14-12-13-15-17-19-31-54-46(62)53-29-27-47(3,4)32-37(53)36-21-22-39-50(9)25-24-40(63-43(59)34-48(5,6)33-42(57)58)49(7,8)38(50)23-26-52(39,11)51(36,10)28-30-53/h21,35,37-40,44H,12-20,22-34H2,1-11H3,(H,54,62)(H,55,56)(H,57,58)(H,60,61)/t37-,38-,39+,40-,44-,50-,51+,52+,53-/m0/s1. The van der Waals surface area contributed by atoms with Crippen LogP contribution in [0.3, 0.4) is 0 Å². The SMILES string of the molecule is CC(C)[C@H](NC(=O)CCCCCCCCCCNC(=O)[C@]12CCC(C)(C)C[C@H]1C1=CC[C@@H]3[C@@]4(C)CC[C@H](OC(=O)CC(C)(C)CC(=O)O)C(C)(C)[C@@H]4CC[C@@]3(C)[C@]1(C)CC2)C(=O)O. The van der Waals surface area contributed by atoms with Gasteiger partial charge in [-0.2, -0.15) is 0 Å². The lowest BCUT2D eigenvalue weighted by molar-refractivity contribution is -0.213. The number of amides is 2. The quantitative estimate of drug-likeness (QED) is 0.0534. The van der Waals surface area contributed by atoms with Crippen LogP contribution in [0.25, 0.3) is 0 Å². The van der Waals surface area contributed by atoms with Crippen molar-refractivity contribution in [3.05, 3.63) is 11.6 Å². The van der Waals surface area contributed by atoms with E-state index in [9.17, 15) is 34.2 Å². The van der Waals surface area contributed by atoms with Crippen molar-refractivity contribution >= 4 is 29.7 Å². The zero-order valence-corrected chi connectivity index (χ0v) is 41.4. The Labute approximate surface area is 381 Å². The number of carbonyl (C=O) groups is 5. The smallest absolute Gasteiger partial charge is 0.326 e. The van der Waals surface area contributed by atoms with E-state index in [1.54, 1.807) is 19.4 Å². The maximum Gasteiger partial charge on any atom is 0.326 e. The van der Waals surface area contributed by atoms with Crippen LogP contribution < -0.4 is 10.6 Å². The number of carbonyl (C=O) groups excluding carboxylic acids is 3. The van der Waals surface area contributed by atoms with Crippen LogP contribution in [0.4, 0.5) is 0 Å². The highest BCUT2D eigenvalue weighted by atomic mass is 16.5. The monoisotopic (exact) mass is 881 g/mol. The van der Waals surface area contributed by atoms with Gasteiger partial charge in [0.25, 0.3) is 0 Å². The van der Waals surface area contributed by atoms with Crippen LogP contribution in [0, 0.1) is 61.6 Å². The molecule has 4 N–H and O–H groups in total. The molecule has 0 aromatic carbocycles. The van der Waals surface area contributed by atoms with Crippen LogP contribution in [-0.2, 0) is 28.7 Å². The number of hydrogen-bond acceptors (Lipinski definition) is 6. The maximum atomic E-state index is 14.6. The molecule has 0 bridgehead atoms. The van der Waals surface area contributed by atoms with Crippen molar-refractivity contribution in [3.63, 3.8) is 0 Å². The highest BCUT2D eigenvalue weighted by molar-refractivity contribution is 5.84. The summed E-state index contributed by atoms with van der Waals surface area (Å²) in [4.78, 5) is 62.9. The summed E-state index contributed by atoms with van der Waals surface area (Å²) in [5.74, 6) is -1.07. The Morgan fingerprint density at radius 3 is 2.02 bits per heavy atom. The zero-order chi connectivity index (χ0) is 46.8. The van der Waals surface area contributed by atoms with Gasteiger partial charge in [-0.1, -0.05) is 126 Å². The minimum Gasteiger partial charge on any atom is -0.481 e. The average Bonchev–Trinajstić information content (AvgIpc) is 3.16. The highest BCUT2D eigenvalue weighted by Crippen LogP contribution is 2.76. The first-order valence-corrected chi connectivity index (χ1v) is 25.2. The predicted molar refractivity (Wildman–Crippen MR) is 249 cm³/mol. The van der Waals surface area contributed by atoms with Gasteiger partial charge >= 0.3 is 17.9 Å². The van der Waals surface area contributed by atoms with Crippen LogP contribution in [0.15, 0.2) is 11.6 Å². The number of carboxylic acid groups (broad SMARTS) is 2. The molecular formula is C53H88N2O8. The van der Waals surface area contributed by atoms with Crippen molar-refractivity contribution in [3.8, 4) is 0 Å². The molecule has 0 saturated heterocycles. The molecule has 5 aliphatic carbocycles. The molecule has 9 atom stereocenters. The van der Waals surface area contributed by atoms with Gasteiger partial charge in [-0.15, -0.1) is 0 Å². The molecule has 2 amide bonds. The van der Waals surface area contributed by atoms with Gasteiger partial charge in [0.15, 0.2) is 0 Å². The average molecular weight is 881 g/mol. The molecule has 5 aliphatic rings. The third-order valence-electron chi connectivity index (χ3n) is 18.4. The number of carboxylic acids is 2. The zero-order valence-electron chi connectivity index (χ0n) is 41.4. The normalized spacial score (nSPS) is 33.6. The van der Waals surface area contributed by atoms with Crippen LogP contribution in [0.1, 0.15) is 211 Å². The van der Waals surface area contributed by atoms with Gasteiger partial charge in [0, 0.05) is 18.4 Å². The van der Waals surface area contributed by atoms with Crippen LogP contribution in [-0.4, -0.2) is 58.6 Å². The lowest BCUT2D eigenvalue weighted by atomic mass is 9.33. The Balaban J connectivity index is 1.16. The van der Waals surface area contributed by atoms with Crippen molar-refractivity contribution in [1.29, 1.82) is 0 Å². The molecule has 63 heavy (non-hydrogen) atoms. The fraction of sp³-hybridized carbons (Fsp3) is 0.868. The number of fused-ring (bicyclic) bond motifs is 7. The fourth-order valence-corrected chi connectivity index (χ4v) is 14.5. The van der Waals surface area contributed by atoms with Gasteiger partial charge in [0.1, 0.15) is 12.1 Å². The molecule has 0 aromatic rings. The summed E-state index contributed by atoms with van der Waals surface area (Å²) < 4.78 is 6.29. The number of allylic oxidation sites excluding steroid dienone is 2. The van der Waals surface area contributed by atoms with Gasteiger partial charge in [0.2, 0.25) is 11.8 Å². The molecule has 10 nitrogen and oxygen atoms in total. The Bertz CT molecular complexity index is 1710. The lowest BCUT2D eigenvalue weighted by Gasteiger charge is -2.71. The number of rotatable bonds is 20. The molecule has 358 valence electrons. The van der Waals surface area contributed by atoms with E-state index in [4.69, 9.17) is 4.74 Å². The summed E-state index contributed by atoms with van der Waals surface area (Å²) >= 11 is 0. The van der Waals surface area contributed by atoms with E-state index in [0.29, 0.717) is 18.3 Å². The highest BCUT2D eigenvalue weighted by Gasteiger charge is 2.69. The number of esters is 1. The number of hydrogen-bond donors (Lipinski definition) is 4. The van der Waals surface area contributed by atoms with Crippen LogP contribution in [0.5, 0.6) is 0 Å². The van der Waals surface area contributed by atoms with Crippen LogP contribution in [0.2, 0.25) is 0 Å². The second-order valence-corrected chi connectivity index (χ2v) is 24.6. The molecule has 4 saturated carbocycles. The maximum absolute atomic E-state index is 14.6. The van der Waals surface area contributed by atoms with Gasteiger partial charge in [-0.05, 0) is 128 Å². The van der Waals surface area contributed by atoms with E-state index < -0.39 is 23.4 Å². The van der Waals surface area contributed by atoms with Gasteiger partial charge in [0.05, 0.1) is 18.3 Å². The second-order valence-electron chi connectivity index (χ2n) is 24.6. The summed E-state index contributed by atoms with van der Waals surface area (Å²) in [7, 11) is 0. The molecular weight excluding hydrogens is 793 g/mol. The van der Waals surface area contributed by atoms with E-state index in [2.05, 4.69) is 65.2 Å². The molecule has 0 spiro atoms. The second kappa shape index (κ2) is 19.5. The Morgan fingerprint density at radius 1 is 0.778 bits per heavy atom. The third kappa shape index (κ3) is 10.7. The van der Waals surface area contributed by atoms with Crippen molar-refractivity contribution in [2.24, 2.45) is 61.6 Å². The van der Waals surface area contributed by atoms with E-state index in [1.165, 1.54) is 0 Å². The third-order valence-corrected chi connectivity index (χ3v) is 18.4. The Morgan fingerprint density at radius 2 is 1.40 bits per heavy atom. The number of unbranched alkanes of at least 4 members (excludes halogenated alkanes) is 7. The van der Waals surface area contributed by atoms with E-state index in [0.717, 1.165) is 122 Å². The van der Waals surface area contributed by atoms with E-state index in [1.807, 2.05) is 13.8 Å². The summed E-state index contributed by atoms with van der Waals surface area (Å²) in [5.41, 5.74) is 0.739. The first kappa shape index (κ1) is 51.1. The minimum absolute atomic E-state index is 0.0124. The largest absolute Gasteiger partial charge is 0.481 e. The topological polar surface area (TPSA) is 159 Å². The molecule has 4 fully saturated rings. The summed E-state index contributed by atoms with van der Waals surface area (Å²) in [6.07, 6.45) is 21.3. The Kier molecular flexibility index (Phi) is 15.8. The van der Waals surface area contributed by atoms with Crippen molar-refractivity contribution in [2.75, 3.05) is 6.54 Å². The molecule has 0 aromatic heterocycles. The number of nitrogens with one attached hydrogen (secondary N) is 2. The summed E-state index contributed by atoms with van der Waals surface area (Å²) in [6, 6.07) is -0.833. The lowest BCUT2D eigenvalue weighted by Crippen LogP contribution is -2.65. The first-order valence-electron chi connectivity index (χ1n) is 25.2. The number of aliphatic carboxylic acids is 2. The molecule has 0 unspecified atom stereocenters. The molecule has 0 aliphatic heterocycles. The molecule has 10 heteroatoms. The van der Waals surface area contributed by atoms with Crippen molar-refractivity contribution in [1.82, 2.24) is 10.6 Å².